The molecule has 2 N–H and O–H groups in total. The number of benzene rings is 1. The summed E-state index contributed by atoms with van der Waals surface area (Å²) in [5.41, 5.74) is 0.860. The number of halogens is 3. The maximum atomic E-state index is 12.2. The Hall–Kier alpha value is -1.47. The Morgan fingerprint density at radius 1 is 1.22 bits per heavy atom. The van der Waals surface area contributed by atoms with Crippen LogP contribution in [0.2, 0.25) is 0 Å². The van der Waals surface area contributed by atoms with Crippen LogP contribution < -0.4 is 14.8 Å². The molecule has 4 nitrogen and oxygen atoms in total. The average Bonchev–Trinajstić information content (AvgIpc) is 2.51. The van der Waals surface area contributed by atoms with Crippen molar-refractivity contribution in [2.45, 2.75) is 50.6 Å². The first-order chi connectivity index (χ1) is 10.9. The zero-order valence-electron chi connectivity index (χ0n) is 13.0. The molecular formula is C16H22F3NO3. The molecule has 0 heterocycles. The molecule has 1 aliphatic carbocycles. The molecule has 7 heteroatoms. The second-order valence-corrected chi connectivity index (χ2v) is 5.73. The molecule has 0 aromatic heterocycles. The Kier molecular flexibility index (Phi) is 6.12. The summed E-state index contributed by atoms with van der Waals surface area (Å²) in [5.74, 6) is 0.323. The summed E-state index contributed by atoms with van der Waals surface area (Å²) < 4.78 is 46.5. The van der Waals surface area contributed by atoms with Crippen molar-refractivity contribution >= 4 is 0 Å². The summed E-state index contributed by atoms with van der Waals surface area (Å²) in [6, 6.07) is 4.86. The minimum atomic E-state index is -4.39. The highest BCUT2D eigenvalue weighted by atomic mass is 19.4. The van der Waals surface area contributed by atoms with Crippen LogP contribution in [0.4, 0.5) is 13.2 Å². The number of aliphatic hydroxyl groups is 1. The largest absolute Gasteiger partial charge is 0.493 e. The summed E-state index contributed by atoms with van der Waals surface area (Å²) in [6.45, 7) is -0.840. The third kappa shape index (κ3) is 5.58. The summed E-state index contributed by atoms with van der Waals surface area (Å²) >= 11 is 0. The summed E-state index contributed by atoms with van der Waals surface area (Å²) in [4.78, 5) is 0. The first kappa shape index (κ1) is 17.9. The Balaban J connectivity index is 1.95. The van der Waals surface area contributed by atoms with E-state index < -0.39 is 12.8 Å². The van der Waals surface area contributed by atoms with Gasteiger partial charge < -0.3 is 19.9 Å². The van der Waals surface area contributed by atoms with Crippen molar-refractivity contribution in [1.82, 2.24) is 5.32 Å². The van der Waals surface area contributed by atoms with Crippen molar-refractivity contribution in [3.05, 3.63) is 23.8 Å². The van der Waals surface area contributed by atoms with Crippen LogP contribution in [-0.4, -0.2) is 37.1 Å². The lowest BCUT2D eigenvalue weighted by atomic mass is 9.92. The molecule has 0 amide bonds. The van der Waals surface area contributed by atoms with E-state index in [9.17, 15) is 18.3 Å². The lowest BCUT2D eigenvalue weighted by Crippen LogP contribution is -2.41. The van der Waals surface area contributed by atoms with E-state index >= 15 is 0 Å². The number of aliphatic hydroxyl groups excluding tert-OH is 1. The van der Waals surface area contributed by atoms with Gasteiger partial charge in [0.05, 0.1) is 13.2 Å². The van der Waals surface area contributed by atoms with Crippen molar-refractivity contribution in [3.63, 3.8) is 0 Å². The molecule has 1 fully saturated rings. The minimum absolute atomic E-state index is 0.0518. The van der Waals surface area contributed by atoms with Crippen LogP contribution in [-0.2, 0) is 6.54 Å². The third-order valence-electron chi connectivity index (χ3n) is 3.92. The van der Waals surface area contributed by atoms with Gasteiger partial charge in [0.2, 0.25) is 0 Å². The molecule has 2 rings (SSSR count). The van der Waals surface area contributed by atoms with Crippen molar-refractivity contribution < 1.29 is 27.8 Å². The zero-order chi connectivity index (χ0) is 16.9. The number of nitrogens with one attached hydrogen (secondary N) is 1. The molecule has 0 radical (unpaired) electrons. The van der Waals surface area contributed by atoms with Crippen LogP contribution in [0, 0.1) is 0 Å². The maximum Gasteiger partial charge on any atom is 0.422 e. The predicted molar refractivity (Wildman–Crippen MR) is 79.6 cm³/mol. The lowest BCUT2D eigenvalue weighted by molar-refractivity contribution is -0.153. The van der Waals surface area contributed by atoms with Crippen molar-refractivity contribution in [2.24, 2.45) is 0 Å². The van der Waals surface area contributed by atoms with E-state index in [1.54, 1.807) is 12.1 Å². The van der Waals surface area contributed by atoms with Crippen LogP contribution in [0.25, 0.3) is 0 Å². The minimum Gasteiger partial charge on any atom is -0.493 e. The number of rotatable bonds is 6. The fourth-order valence-electron chi connectivity index (χ4n) is 2.70. The Labute approximate surface area is 133 Å². The second kappa shape index (κ2) is 7.88. The highest BCUT2D eigenvalue weighted by molar-refractivity contribution is 5.43. The predicted octanol–water partition coefficient (Wildman–Crippen LogP) is 3.03. The maximum absolute atomic E-state index is 12.2. The van der Waals surface area contributed by atoms with Crippen LogP contribution in [0.1, 0.15) is 31.2 Å². The van der Waals surface area contributed by atoms with E-state index in [-0.39, 0.29) is 23.6 Å². The number of hydrogen-bond acceptors (Lipinski definition) is 4. The van der Waals surface area contributed by atoms with Gasteiger partial charge in [0.1, 0.15) is 0 Å². The van der Waals surface area contributed by atoms with Gasteiger partial charge in [0, 0.05) is 12.6 Å². The van der Waals surface area contributed by atoms with Gasteiger partial charge in [0.25, 0.3) is 0 Å². The number of ether oxygens (including phenoxy) is 2. The average molecular weight is 333 g/mol. The van der Waals surface area contributed by atoms with Gasteiger partial charge in [-0.25, -0.2) is 0 Å². The SMILES string of the molecule is COc1cc(CNC2CCCCC2O)ccc1OCC(F)(F)F. The first-order valence-corrected chi connectivity index (χ1v) is 7.67. The smallest absolute Gasteiger partial charge is 0.422 e. The van der Waals surface area contributed by atoms with Crippen LogP contribution in [0.5, 0.6) is 11.5 Å². The van der Waals surface area contributed by atoms with E-state index in [2.05, 4.69) is 5.32 Å². The van der Waals surface area contributed by atoms with Gasteiger partial charge >= 0.3 is 6.18 Å². The highest BCUT2D eigenvalue weighted by Crippen LogP contribution is 2.30. The fourth-order valence-corrected chi connectivity index (χ4v) is 2.70. The molecule has 130 valence electrons. The monoisotopic (exact) mass is 333 g/mol. The van der Waals surface area contributed by atoms with Gasteiger partial charge in [-0.1, -0.05) is 18.9 Å². The van der Waals surface area contributed by atoms with E-state index in [0.717, 1.165) is 31.2 Å². The standard InChI is InChI=1S/C16H22F3NO3/c1-22-15-8-11(6-7-14(15)23-10-16(17,18)19)9-20-12-4-2-3-5-13(12)21/h6-8,12-13,20-21H,2-5,9-10H2,1H3. The van der Waals surface area contributed by atoms with Crippen LogP contribution in [0.15, 0.2) is 18.2 Å². The summed E-state index contributed by atoms with van der Waals surface area (Å²) in [5, 5.41) is 13.2. The Morgan fingerprint density at radius 3 is 2.61 bits per heavy atom. The number of alkyl halides is 3. The molecule has 1 saturated carbocycles. The topological polar surface area (TPSA) is 50.7 Å². The summed E-state index contributed by atoms with van der Waals surface area (Å²) in [7, 11) is 1.39. The van der Waals surface area contributed by atoms with E-state index in [0.29, 0.717) is 6.54 Å². The summed E-state index contributed by atoms with van der Waals surface area (Å²) in [6.07, 6.45) is -0.890. The van der Waals surface area contributed by atoms with Gasteiger partial charge in [-0.15, -0.1) is 0 Å². The molecular weight excluding hydrogens is 311 g/mol. The van der Waals surface area contributed by atoms with Crippen molar-refractivity contribution in [3.8, 4) is 11.5 Å². The molecule has 2 atom stereocenters. The van der Waals surface area contributed by atoms with E-state index in [4.69, 9.17) is 9.47 Å². The van der Waals surface area contributed by atoms with Crippen molar-refractivity contribution in [2.75, 3.05) is 13.7 Å². The van der Waals surface area contributed by atoms with Gasteiger partial charge in [0.15, 0.2) is 18.1 Å². The molecule has 2 unspecified atom stereocenters. The molecule has 1 aromatic carbocycles. The highest BCUT2D eigenvalue weighted by Gasteiger charge is 2.29. The second-order valence-electron chi connectivity index (χ2n) is 5.73. The van der Waals surface area contributed by atoms with Gasteiger partial charge in [-0.2, -0.15) is 13.2 Å². The first-order valence-electron chi connectivity index (χ1n) is 7.67. The van der Waals surface area contributed by atoms with Gasteiger partial charge in [-0.3, -0.25) is 0 Å². The molecule has 23 heavy (non-hydrogen) atoms. The molecule has 0 saturated heterocycles. The fraction of sp³-hybridized carbons (Fsp3) is 0.625. The molecule has 1 aromatic rings. The Bertz CT molecular complexity index is 508. The number of methoxy groups -OCH3 is 1. The molecule has 0 aliphatic heterocycles. The van der Waals surface area contributed by atoms with E-state index in [1.165, 1.54) is 13.2 Å². The normalized spacial score (nSPS) is 22.0. The molecule has 0 bridgehead atoms. The quantitative estimate of drug-likeness (QED) is 0.840. The molecule has 1 aliphatic rings. The van der Waals surface area contributed by atoms with Crippen LogP contribution in [0.3, 0.4) is 0 Å². The zero-order valence-corrected chi connectivity index (χ0v) is 13.0. The lowest BCUT2D eigenvalue weighted by Gasteiger charge is -2.28. The molecule has 0 spiro atoms. The van der Waals surface area contributed by atoms with Crippen LogP contribution >= 0.6 is 0 Å². The Morgan fingerprint density at radius 2 is 1.96 bits per heavy atom. The van der Waals surface area contributed by atoms with Crippen molar-refractivity contribution in [1.29, 1.82) is 0 Å². The number of hydrogen-bond donors (Lipinski definition) is 2. The third-order valence-corrected chi connectivity index (χ3v) is 3.92. The van der Waals surface area contributed by atoms with Gasteiger partial charge in [-0.05, 0) is 30.5 Å². The van der Waals surface area contributed by atoms with E-state index in [1.807, 2.05) is 0 Å².